The van der Waals surface area contributed by atoms with Gasteiger partial charge in [-0.25, -0.2) is 14.6 Å². The van der Waals surface area contributed by atoms with Gasteiger partial charge in [0, 0.05) is 25.4 Å². The zero-order valence-corrected chi connectivity index (χ0v) is 14.8. The molecule has 3 rings (SSSR count). The molecule has 0 bridgehead atoms. The Balaban J connectivity index is 1.91. The molecule has 2 aromatic rings. The lowest BCUT2D eigenvalue weighted by molar-refractivity contribution is -0.132. The summed E-state index contributed by atoms with van der Waals surface area (Å²) in [5, 5.41) is 5.36. The molecular weight excluding hydrogens is 419 g/mol. The Bertz CT molecular complexity index is 705. The normalized spacial score (nSPS) is 18.8. The van der Waals surface area contributed by atoms with Gasteiger partial charge in [0.15, 0.2) is 5.65 Å². The topological polar surface area (TPSA) is 89.9 Å². The van der Waals surface area contributed by atoms with Crippen molar-refractivity contribution in [3.63, 3.8) is 0 Å². The third-order valence-corrected chi connectivity index (χ3v) is 4.82. The molecule has 1 amide bonds. The number of halogens is 2. The molecule has 7 nitrogen and oxygen atoms in total. The van der Waals surface area contributed by atoms with Crippen molar-refractivity contribution in [1.29, 1.82) is 0 Å². The van der Waals surface area contributed by atoms with Gasteiger partial charge in [-0.2, -0.15) is 5.10 Å². The van der Waals surface area contributed by atoms with E-state index < -0.39 is 0 Å². The van der Waals surface area contributed by atoms with Crippen molar-refractivity contribution in [3.8, 4) is 0 Å². The average molecular weight is 435 g/mol. The van der Waals surface area contributed by atoms with Crippen molar-refractivity contribution in [1.82, 2.24) is 24.6 Å². The number of nitrogen functional groups attached to an aromatic ring is 1. The first-order valence-corrected chi connectivity index (χ1v) is 8.71. The van der Waals surface area contributed by atoms with Gasteiger partial charge in [0.1, 0.15) is 15.8 Å². The molecule has 0 spiro atoms. The highest BCUT2D eigenvalue weighted by Crippen LogP contribution is 2.29. The van der Waals surface area contributed by atoms with E-state index in [0.29, 0.717) is 24.7 Å². The number of amides is 1. The van der Waals surface area contributed by atoms with Crippen LogP contribution in [0.15, 0.2) is 6.33 Å². The van der Waals surface area contributed by atoms with E-state index >= 15 is 0 Å². The van der Waals surface area contributed by atoms with Gasteiger partial charge in [-0.05, 0) is 35.4 Å². The lowest BCUT2D eigenvalue weighted by Crippen LogP contribution is -2.41. The second kappa shape index (κ2) is 6.53. The van der Waals surface area contributed by atoms with Crippen molar-refractivity contribution < 1.29 is 4.79 Å². The van der Waals surface area contributed by atoms with Gasteiger partial charge in [0.2, 0.25) is 5.91 Å². The smallest absolute Gasteiger partial charge is 0.223 e. The molecule has 2 aromatic heterocycles. The number of fused-ring (bicyclic) bond motifs is 1. The van der Waals surface area contributed by atoms with Crippen LogP contribution >= 0.6 is 34.2 Å². The number of piperidine rings is 1. The number of carbonyl (C=O) groups excluding carboxylic acids is 1. The van der Waals surface area contributed by atoms with Gasteiger partial charge in [0.05, 0.1) is 11.4 Å². The van der Waals surface area contributed by atoms with Crippen molar-refractivity contribution in [2.45, 2.75) is 25.3 Å². The molecule has 0 saturated carbocycles. The molecule has 0 unspecified atom stereocenters. The standard InChI is InChI=1S/C13H16ClIN6O/c14-4-3-9(22)20-5-1-2-8(6-20)21-13-10(11(15)19-21)12(16)17-7-18-13/h7-8H,1-6H2,(H2,16,17,18)/t8-/m1/s1. The lowest BCUT2D eigenvalue weighted by Gasteiger charge is -2.33. The molecule has 0 aliphatic carbocycles. The molecular formula is C13H16ClIN6O. The highest BCUT2D eigenvalue weighted by atomic mass is 127. The summed E-state index contributed by atoms with van der Waals surface area (Å²) >= 11 is 7.81. The predicted octanol–water partition coefficient (Wildman–Crippen LogP) is 1.81. The molecule has 9 heteroatoms. The summed E-state index contributed by atoms with van der Waals surface area (Å²) in [7, 11) is 0. The van der Waals surface area contributed by atoms with Gasteiger partial charge in [-0.1, -0.05) is 0 Å². The summed E-state index contributed by atoms with van der Waals surface area (Å²) in [6.45, 7) is 1.41. The van der Waals surface area contributed by atoms with E-state index in [1.165, 1.54) is 6.33 Å². The molecule has 1 aliphatic rings. The molecule has 0 aromatic carbocycles. The number of carbonyl (C=O) groups is 1. The van der Waals surface area contributed by atoms with Crippen LogP contribution in [0.25, 0.3) is 11.0 Å². The fourth-order valence-electron chi connectivity index (χ4n) is 2.83. The Labute approximate surface area is 146 Å². The monoisotopic (exact) mass is 434 g/mol. The van der Waals surface area contributed by atoms with E-state index in [-0.39, 0.29) is 11.9 Å². The number of likely N-dealkylation sites (tertiary alicyclic amines) is 1. The van der Waals surface area contributed by atoms with Crippen LogP contribution in [0.1, 0.15) is 25.3 Å². The molecule has 1 atom stereocenters. The minimum Gasteiger partial charge on any atom is -0.383 e. The fourth-order valence-corrected chi connectivity index (χ4v) is 3.74. The van der Waals surface area contributed by atoms with Crippen LogP contribution in [-0.2, 0) is 4.79 Å². The summed E-state index contributed by atoms with van der Waals surface area (Å²) in [5.74, 6) is 0.887. The Kier molecular flexibility index (Phi) is 4.67. The SMILES string of the molecule is Nc1ncnc2c1c(I)nn2[C@@H]1CCCN(C(=O)CCCl)C1. The number of hydrogen-bond acceptors (Lipinski definition) is 5. The zero-order chi connectivity index (χ0) is 15.7. The van der Waals surface area contributed by atoms with E-state index in [4.69, 9.17) is 17.3 Å². The largest absolute Gasteiger partial charge is 0.383 e. The highest BCUT2D eigenvalue weighted by molar-refractivity contribution is 14.1. The van der Waals surface area contributed by atoms with Crippen LogP contribution < -0.4 is 5.73 Å². The maximum absolute atomic E-state index is 12.1. The minimum absolute atomic E-state index is 0.0972. The first kappa shape index (κ1) is 15.7. The number of hydrogen-bond donors (Lipinski definition) is 1. The maximum Gasteiger partial charge on any atom is 0.223 e. The van der Waals surface area contributed by atoms with Gasteiger partial charge in [0.25, 0.3) is 0 Å². The highest BCUT2D eigenvalue weighted by Gasteiger charge is 2.27. The third kappa shape index (κ3) is 2.85. The van der Waals surface area contributed by atoms with Crippen LogP contribution in [0.2, 0.25) is 0 Å². The van der Waals surface area contributed by atoms with E-state index in [9.17, 15) is 4.79 Å². The molecule has 0 radical (unpaired) electrons. The maximum atomic E-state index is 12.1. The molecule has 1 saturated heterocycles. The number of nitrogens with two attached hydrogens (primary N) is 1. The first-order chi connectivity index (χ1) is 10.6. The zero-order valence-electron chi connectivity index (χ0n) is 11.9. The molecule has 2 N–H and O–H groups in total. The Morgan fingerprint density at radius 3 is 3.09 bits per heavy atom. The van der Waals surface area contributed by atoms with Crippen LogP contribution in [0.3, 0.4) is 0 Å². The molecule has 118 valence electrons. The van der Waals surface area contributed by atoms with Crippen molar-refractivity contribution in [2.24, 2.45) is 0 Å². The van der Waals surface area contributed by atoms with E-state index in [1.807, 2.05) is 9.58 Å². The van der Waals surface area contributed by atoms with Gasteiger partial charge in [-0.15, -0.1) is 11.6 Å². The van der Waals surface area contributed by atoms with Gasteiger partial charge < -0.3 is 10.6 Å². The van der Waals surface area contributed by atoms with Crippen LogP contribution in [0.5, 0.6) is 0 Å². The van der Waals surface area contributed by atoms with E-state index in [0.717, 1.165) is 34.1 Å². The van der Waals surface area contributed by atoms with Crippen molar-refractivity contribution in [2.75, 3.05) is 24.7 Å². The Hall–Kier alpha value is -1.16. The van der Waals surface area contributed by atoms with Gasteiger partial charge >= 0.3 is 0 Å². The second-order valence-electron chi connectivity index (χ2n) is 5.27. The van der Waals surface area contributed by atoms with Crippen molar-refractivity contribution in [3.05, 3.63) is 10.0 Å². The van der Waals surface area contributed by atoms with E-state index in [1.54, 1.807) is 0 Å². The van der Waals surface area contributed by atoms with E-state index in [2.05, 4.69) is 37.7 Å². The molecule has 3 heterocycles. The summed E-state index contributed by atoms with van der Waals surface area (Å²) < 4.78 is 2.67. The van der Waals surface area contributed by atoms with Crippen LogP contribution in [0.4, 0.5) is 5.82 Å². The number of rotatable bonds is 3. The molecule has 1 fully saturated rings. The number of nitrogens with zero attached hydrogens (tertiary/aromatic N) is 5. The summed E-state index contributed by atoms with van der Waals surface area (Å²) in [5.41, 5.74) is 6.66. The average Bonchev–Trinajstić information content (AvgIpc) is 2.86. The number of alkyl halides is 1. The van der Waals surface area contributed by atoms with Gasteiger partial charge in [-0.3, -0.25) is 4.79 Å². The Morgan fingerprint density at radius 1 is 1.50 bits per heavy atom. The predicted molar refractivity (Wildman–Crippen MR) is 92.6 cm³/mol. The van der Waals surface area contributed by atoms with Crippen LogP contribution in [0, 0.1) is 3.70 Å². The Morgan fingerprint density at radius 2 is 2.32 bits per heavy atom. The quantitative estimate of drug-likeness (QED) is 0.588. The first-order valence-electron chi connectivity index (χ1n) is 7.09. The summed E-state index contributed by atoms with van der Waals surface area (Å²) in [6, 6.07) is 0.105. The molecule has 22 heavy (non-hydrogen) atoms. The molecule has 1 aliphatic heterocycles. The minimum atomic E-state index is 0.0972. The fraction of sp³-hybridized carbons (Fsp3) is 0.538. The second-order valence-corrected chi connectivity index (χ2v) is 6.67. The summed E-state index contributed by atoms with van der Waals surface area (Å²) in [4.78, 5) is 22.3. The van der Waals surface area contributed by atoms with Crippen molar-refractivity contribution >= 4 is 57.0 Å². The number of aromatic nitrogens is 4. The van der Waals surface area contributed by atoms with Crippen LogP contribution in [-0.4, -0.2) is 49.5 Å². The third-order valence-electron chi connectivity index (χ3n) is 3.88. The summed E-state index contributed by atoms with van der Waals surface area (Å²) in [6.07, 6.45) is 3.73. The lowest BCUT2D eigenvalue weighted by atomic mass is 10.1. The number of anilines is 1.